The molecule has 0 saturated heterocycles. The van der Waals surface area contributed by atoms with Crippen LogP contribution in [0, 0.1) is 11.3 Å². The molecule has 0 aliphatic heterocycles. The van der Waals surface area contributed by atoms with Crippen LogP contribution in [-0.4, -0.2) is 5.78 Å². The number of hydrogen-bond donors (Lipinski definition) is 1. The second kappa shape index (κ2) is 4.05. The lowest BCUT2D eigenvalue weighted by atomic mass is 10.00. The summed E-state index contributed by atoms with van der Waals surface area (Å²) < 4.78 is 25.0. The van der Waals surface area contributed by atoms with Crippen LogP contribution < -0.4 is 5.73 Å². The second-order valence-electron chi connectivity index (χ2n) is 3.00. The number of ketones is 1. The van der Waals surface area contributed by atoms with Crippen molar-refractivity contribution in [2.24, 2.45) is 0 Å². The van der Waals surface area contributed by atoms with E-state index in [2.05, 4.69) is 0 Å². The molecule has 0 atom stereocenters. The van der Waals surface area contributed by atoms with E-state index in [0.717, 1.165) is 12.1 Å². The molecule has 0 aliphatic carbocycles. The zero-order valence-electron chi connectivity index (χ0n) is 7.92. The van der Waals surface area contributed by atoms with Crippen molar-refractivity contribution in [1.82, 2.24) is 0 Å². The maximum Gasteiger partial charge on any atom is 0.264 e. The molecule has 2 N–H and O–H groups in total. The van der Waals surface area contributed by atoms with Crippen LogP contribution in [0.25, 0.3) is 0 Å². The first-order valence-electron chi connectivity index (χ1n) is 4.10. The van der Waals surface area contributed by atoms with Gasteiger partial charge in [-0.1, -0.05) is 0 Å². The molecule has 78 valence electrons. The third-order valence-corrected chi connectivity index (χ3v) is 1.96. The number of Topliss-reactive ketones (excluding diaryl/α,β-unsaturated/α-hetero) is 1. The topological polar surface area (TPSA) is 66.9 Å². The molecular weight excluding hydrogens is 202 g/mol. The van der Waals surface area contributed by atoms with Gasteiger partial charge in [0.05, 0.1) is 5.56 Å². The number of rotatable bonds is 2. The van der Waals surface area contributed by atoms with Crippen molar-refractivity contribution in [2.75, 3.05) is 5.73 Å². The Kier molecular flexibility index (Phi) is 3.00. The normalized spacial score (nSPS) is 10.1. The summed E-state index contributed by atoms with van der Waals surface area (Å²) in [6, 6.07) is 3.80. The van der Waals surface area contributed by atoms with E-state index < -0.39 is 17.8 Å². The minimum atomic E-state index is -2.78. The minimum Gasteiger partial charge on any atom is -0.398 e. The average molecular weight is 210 g/mol. The van der Waals surface area contributed by atoms with Crippen LogP contribution in [0.5, 0.6) is 0 Å². The van der Waals surface area contributed by atoms with E-state index in [4.69, 9.17) is 11.0 Å². The number of carbonyl (C=O) groups excluding carboxylic acids is 1. The number of nitriles is 1. The number of anilines is 1. The Bertz CT molecular complexity index is 449. The molecule has 0 spiro atoms. The van der Waals surface area contributed by atoms with E-state index >= 15 is 0 Å². The number of alkyl halides is 2. The second-order valence-corrected chi connectivity index (χ2v) is 3.00. The van der Waals surface area contributed by atoms with Gasteiger partial charge in [0.2, 0.25) is 0 Å². The summed E-state index contributed by atoms with van der Waals surface area (Å²) in [7, 11) is 0. The van der Waals surface area contributed by atoms with Crippen LogP contribution in [0.4, 0.5) is 14.5 Å². The highest BCUT2D eigenvalue weighted by atomic mass is 19.3. The third-order valence-electron chi connectivity index (χ3n) is 1.96. The summed E-state index contributed by atoms with van der Waals surface area (Å²) in [5, 5.41) is 8.63. The fourth-order valence-electron chi connectivity index (χ4n) is 1.22. The Labute approximate surface area is 85.1 Å². The van der Waals surface area contributed by atoms with Crippen LogP contribution in [0.15, 0.2) is 12.1 Å². The highest BCUT2D eigenvalue weighted by Gasteiger charge is 2.18. The van der Waals surface area contributed by atoms with Gasteiger partial charge in [0, 0.05) is 16.8 Å². The van der Waals surface area contributed by atoms with Crippen molar-refractivity contribution in [2.45, 2.75) is 13.3 Å². The number of nitrogens with zero attached hydrogens (tertiary/aromatic N) is 1. The van der Waals surface area contributed by atoms with Crippen molar-refractivity contribution in [3.63, 3.8) is 0 Å². The summed E-state index contributed by atoms with van der Waals surface area (Å²) in [4.78, 5) is 11.1. The van der Waals surface area contributed by atoms with Crippen LogP contribution in [0.2, 0.25) is 0 Å². The maximum absolute atomic E-state index is 12.5. The molecule has 15 heavy (non-hydrogen) atoms. The quantitative estimate of drug-likeness (QED) is 0.601. The number of hydrogen-bond acceptors (Lipinski definition) is 3. The van der Waals surface area contributed by atoms with Crippen molar-refractivity contribution in [1.29, 1.82) is 5.26 Å². The van der Waals surface area contributed by atoms with E-state index in [-0.39, 0.29) is 16.8 Å². The molecule has 0 saturated carbocycles. The molecule has 0 radical (unpaired) electrons. The van der Waals surface area contributed by atoms with E-state index in [1.54, 1.807) is 6.07 Å². The lowest BCUT2D eigenvalue weighted by molar-refractivity contribution is 0.0999. The lowest BCUT2D eigenvalue weighted by Crippen LogP contribution is -2.03. The van der Waals surface area contributed by atoms with Gasteiger partial charge in [0.25, 0.3) is 6.43 Å². The van der Waals surface area contributed by atoms with Gasteiger partial charge in [-0.25, -0.2) is 8.78 Å². The lowest BCUT2D eigenvalue weighted by Gasteiger charge is -2.08. The number of benzene rings is 1. The number of carbonyl (C=O) groups is 1. The van der Waals surface area contributed by atoms with E-state index in [1.165, 1.54) is 6.92 Å². The smallest absolute Gasteiger partial charge is 0.264 e. The standard InChI is InChI=1S/C10H8F2N2O/c1-5(15)7-2-6(4-13)9(14)3-8(7)10(11)12/h2-3,10H,14H2,1H3. The highest BCUT2D eigenvalue weighted by Crippen LogP contribution is 2.27. The van der Waals surface area contributed by atoms with Gasteiger partial charge in [-0.2, -0.15) is 5.26 Å². The van der Waals surface area contributed by atoms with Crippen LogP contribution in [0.3, 0.4) is 0 Å². The Morgan fingerprint density at radius 3 is 2.53 bits per heavy atom. The molecular formula is C10H8F2N2O. The zero-order valence-corrected chi connectivity index (χ0v) is 7.92. The predicted octanol–water partition coefficient (Wildman–Crippen LogP) is 2.28. The largest absolute Gasteiger partial charge is 0.398 e. The molecule has 0 aliphatic rings. The number of halogens is 2. The van der Waals surface area contributed by atoms with E-state index in [0.29, 0.717) is 0 Å². The fraction of sp³-hybridized carbons (Fsp3) is 0.200. The summed E-state index contributed by atoms with van der Waals surface area (Å²) in [6.07, 6.45) is -2.78. The highest BCUT2D eigenvalue weighted by molar-refractivity contribution is 5.96. The molecule has 0 unspecified atom stereocenters. The van der Waals surface area contributed by atoms with Crippen LogP contribution in [0.1, 0.15) is 34.8 Å². The monoisotopic (exact) mass is 210 g/mol. The zero-order chi connectivity index (χ0) is 11.6. The molecule has 0 fully saturated rings. The van der Waals surface area contributed by atoms with Crippen molar-refractivity contribution < 1.29 is 13.6 Å². The van der Waals surface area contributed by atoms with Gasteiger partial charge >= 0.3 is 0 Å². The molecule has 1 aromatic rings. The molecule has 0 aromatic heterocycles. The van der Waals surface area contributed by atoms with Crippen molar-refractivity contribution in [3.05, 3.63) is 28.8 Å². The summed E-state index contributed by atoms with van der Waals surface area (Å²) >= 11 is 0. The summed E-state index contributed by atoms with van der Waals surface area (Å²) in [6.45, 7) is 1.17. The summed E-state index contributed by atoms with van der Waals surface area (Å²) in [5.74, 6) is -0.512. The SMILES string of the molecule is CC(=O)c1cc(C#N)c(N)cc1C(F)F. The van der Waals surface area contributed by atoms with Gasteiger partial charge in [-0.05, 0) is 19.1 Å². The Hall–Kier alpha value is -1.96. The molecule has 0 bridgehead atoms. The first-order chi connectivity index (χ1) is 6.97. The summed E-state index contributed by atoms with van der Waals surface area (Å²) in [5.41, 5.74) is 4.77. The van der Waals surface area contributed by atoms with Gasteiger partial charge in [0.1, 0.15) is 6.07 Å². The van der Waals surface area contributed by atoms with E-state index in [9.17, 15) is 13.6 Å². The first kappa shape index (κ1) is 11.1. The van der Waals surface area contributed by atoms with E-state index in [1.807, 2.05) is 0 Å². The first-order valence-corrected chi connectivity index (χ1v) is 4.10. The molecule has 0 heterocycles. The average Bonchev–Trinajstić information content (AvgIpc) is 2.16. The maximum atomic E-state index is 12.5. The molecule has 3 nitrogen and oxygen atoms in total. The Morgan fingerprint density at radius 1 is 1.53 bits per heavy atom. The van der Waals surface area contributed by atoms with Crippen molar-refractivity contribution in [3.8, 4) is 6.07 Å². The van der Waals surface area contributed by atoms with Gasteiger partial charge < -0.3 is 5.73 Å². The molecule has 1 aromatic carbocycles. The minimum absolute atomic E-state index is 0.0320. The van der Waals surface area contributed by atoms with Crippen LogP contribution in [-0.2, 0) is 0 Å². The van der Waals surface area contributed by atoms with Gasteiger partial charge in [0.15, 0.2) is 5.78 Å². The number of nitrogens with two attached hydrogens (primary N) is 1. The predicted molar refractivity (Wildman–Crippen MR) is 50.5 cm³/mol. The fourth-order valence-corrected chi connectivity index (χ4v) is 1.22. The molecule has 5 heteroatoms. The van der Waals surface area contributed by atoms with Gasteiger partial charge in [-0.3, -0.25) is 4.79 Å². The molecule has 1 rings (SSSR count). The Balaban J connectivity index is 3.47. The molecule has 0 amide bonds. The Morgan fingerprint density at radius 2 is 2.13 bits per heavy atom. The van der Waals surface area contributed by atoms with Crippen molar-refractivity contribution >= 4 is 11.5 Å². The van der Waals surface area contributed by atoms with Crippen LogP contribution >= 0.6 is 0 Å². The third kappa shape index (κ3) is 2.10. The number of nitrogen functional groups attached to an aromatic ring is 1. The van der Waals surface area contributed by atoms with Gasteiger partial charge in [-0.15, -0.1) is 0 Å².